The van der Waals surface area contributed by atoms with Crippen LogP contribution < -0.4 is 21.4 Å². The van der Waals surface area contributed by atoms with Gasteiger partial charge in [-0.15, -0.1) is 0 Å². The Balaban J connectivity index is 4.16. The van der Waals surface area contributed by atoms with Gasteiger partial charge in [0.15, 0.2) is 6.23 Å². The molecule has 0 aromatic carbocycles. The smallest absolute Gasteiger partial charge is 0.160 e. The second kappa shape index (κ2) is 6.28. The zero-order chi connectivity index (χ0) is 10.3. The Morgan fingerprint density at radius 2 is 1.77 bits per heavy atom. The van der Waals surface area contributed by atoms with Gasteiger partial charge in [-0.1, -0.05) is 6.92 Å². The van der Waals surface area contributed by atoms with Crippen LogP contribution in [0, 0.1) is 0 Å². The highest BCUT2D eigenvalue weighted by atomic mass is 16.7. The van der Waals surface area contributed by atoms with Crippen molar-refractivity contribution in [3.8, 4) is 0 Å². The summed E-state index contributed by atoms with van der Waals surface area (Å²) >= 11 is 0. The maximum absolute atomic E-state index is 5.40. The summed E-state index contributed by atoms with van der Waals surface area (Å²) in [5.41, 5.74) is 2.54. The van der Waals surface area contributed by atoms with Gasteiger partial charge in [-0.2, -0.15) is 0 Å². The summed E-state index contributed by atoms with van der Waals surface area (Å²) in [6.07, 6.45) is -0.137. The number of hydrogen-bond donors (Lipinski definition) is 4. The van der Waals surface area contributed by atoms with Gasteiger partial charge in [0, 0.05) is 6.54 Å². The van der Waals surface area contributed by atoms with E-state index in [2.05, 4.69) is 21.4 Å². The van der Waals surface area contributed by atoms with Crippen LogP contribution in [-0.2, 0) is 4.84 Å². The van der Waals surface area contributed by atoms with Crippen LogP contribution in [0.25, 0.3) is 0 Å². The molecule has 0 rings (SSSR count). The van der Waals surface area contributed by atoms with Crippen molar-refractivity contribution < 1.29 is 4.84 Å². The largest absolute Gasteiger partial charge is 0.299 e. The highest BCUT2D eigenvalue weighted by Gasteiger charge is 2.30. The fourth-order valence-corrected chi connectivity index (χ4v) is 1.02. The molecule has 0 aliphatic heterocycles. The van der Waals surface area contributed by atoms with Gasteiger partial charge in [0.2, 0.25) is 0 Å². The zero-order valence-electron chi connectivity index (χ0n) is 9.19. The maximum atomic E-state index is 5.40. The number of nitrogens with one attached hydrogen (secondary N) is 4. The zero-order valence-corrected chi connectivity index (χ0v) is 9.19. The number of hydroxylamine groups is 1. The van der Waals surface area contributed by atoms with Gasteiger partial charge in [-0.05, 0) is 28.1 Å². The first-order chi connectivity index (χ1) is 6.14. The van der Waals surface area contributed by atoms with Crippen molar-refractivity contribution in [3.63, 3.8) is 0 Å². The van der Waals surface area contributed by atoms with Gasteiger partial charge in [0.05, 0.1) is 0 Å². The molecule has 0 aromatic heterocycles. The Kier molecular flexibility index (Phi) is 6.19. The lowest BCUT2D eigenvalue weighted by molar-refractivity contribution is -0.0880. The first kappa shape index (κ1) is 12.8. The second-order valence-corrected chi connectivity index (χ2v) is 2.99. The number of hydrogen-bond acceptors (Lipinski definition) is 5. The van der Waals surface area contributed by atoms with Crippen molar-refractivity contribution in [2.75, 3.05) is 27.7 Å². The third kappa shape index (κ3) is 3.58. The molecule has 1 unspecified atom stereocenters. The molecule has 0 spiro atoms. The van der Waals surface area contributed by atoms with E-state index in [4.69, 9.17) is 4.84 Å². The summed E-state index contributed by atoms with van der Waals surface area (Å²) in [5.74, 6) is 0. The van der Waals surface area contributed by atoms with Crippen molar-refractivity contribution in [2.45, 2.75) is 25.7 Å². The van der Waals surface area contributed by atoms with Crippen molar-refractivity contribution in [2.24, 2.45) is 0 Å². The third-order valence-corrected chi connectivity index (χ3v) is 2.17. The van der Waals surface area contributed by atoms with Crippen molar-refractivity contribution in [1.82, 2.24) is 21.4 Å². The van der Waals surface area contributed by atoms with E-state index in [9.17, 15) is 0 Å². The van der Waals surface area contributed by atoms with Crippen LogP contribution in [0.1, 0.15) is 13.8 Å². The normalized spacial score (nSPS) is 14.5. The molecule has 0 heterocycles. The number of likely N-dealkylation sites (N-methyl/N-ethyl adjacent to an activating group) is 3. The molecule has 0 aliphatic rings. The fourth-order valence-electron chi connectivity index (χ4n) is 1.02. The van der Waals surface area contributed by atoms with Gasteiger partial charge < -0.3 is 0 Å². The van der Waals surface area contributed by atoms with Crippen LogP contribution >= 0.6 is 0 Å². The molecule has 1 atom stereocenters. The monoisotopic (exact) mass is 190 g/mol. The molecule has 0 aliphatic carbocycles. The number of rotatable bonds is 7. The molecule has 4 N–H and O–H groups in total. The lowest BCUT2D eigenvalue weighted by Gasteiger charge is -2.36. The van der Waals surface area contributed by atoms with E-state index in [0.29, 0.717) is 0 Å². The Bertz CT molecular complexity index is 127. The predicted molar refractivity (Wildman–Crippen MR) is 54.1 cm³/mol. The average molecular weight is 190 g/mol. The molecule has 0 saturated heterocycles. The van der Waals surface area contributed by atoms with Crippen LogP contribution in [0.5, 0.6) is 0 Å². The highest BCUT2D eigenvalue weighted by Crippen LogP contribution is 2.04. The molecule has 80 valence electrons. The fraction of sp³-hybridized carbons (Fsp3) is 1.00. The van der Waals surface area contributed by atoms with Crippen LogP contribution in [0.4, 0.5) is 0 Å². The molecule has 0 bridgehead atoms. The molecule has 13 heavy (non-hydrogen) atoms. The highest BCUT2D eigenvalue weighted by molar-refractivity contribution is 4.84. The summed E-state index contributed by atoms with van der Waals surface area (Å²) < 4.78 is 0. The molecule has 0 radical (unpaired) electrons. The Morgan fingerprint density at radius 3 is 2.08 bits per heavy atom. The van der Waals surface area contributed by atoms with Crippen molar-refractivity contribution in [3.05, 3.63) is 0 Å². The first-order valence-corrected chi connectivity index (χ1v) is 4.58. The minimum atomic E-state index is -0.295. The first-order valence-electron chi connectivity index (χ1n) is 4.58. The van der Waals surface area contributed by atoms with Crippen LogP contribution in [0.15, 0.2) is 0 Å². The van der Waals surface area contributed by atoms with E-state index in [-0.39, 0.29) is 11.9 Å². The Hall–Kier alpha value is -0.200. The summed E-state index contributed by atoms with van der Waals surface area (Å²) in [7, 11) is 5.63. The van der Waals surface area contributed by atoms with Crippen molar-refractivity contribution >= 4 is 0 Å². The van der Waals surface area contributed by atoms with Crippen LogP contribution in [0.3, 0.4) is 0 Å². The molecule has 0 saturated carbocycles. The van der Waals surface area contributed by atoms with E-state index < -0.39 is 0 Å². The van der Waals surface area contributed by atoms with Gasteiger partial charge in [0.1, 0.15) is 5.66 Å². The predicted octanol–water partition coefficient (Wildman–Crippen LogP) is -0.772. The average Bonchev–Trinajstić information content (AvgIpc) is 2.18. The Morgan fingerprint density at radius 1 is 1.23 bits per heavy atom. The van der Waals surface area contributed by atoms with E-state index >= 15 is 0 Å². The lowest BCUT2D eigenvalue weighted by Crippen LogP contribution is -2.65. The second-order valence-electron chi connectivity index (χ2n) is 2.99. The molecule has 0 fully saturated rings. The molecule has 0 aromatic rings. The van der Waals surface area contributed by atoms with E-state index in [1.807, 2.05) is 35.0 Å². The molecule has 5 nitrogen and oxygen atoms in total. The summed E-state index contributed by atoms with van der Waals surface area (Å²) in [4.78, 5) is 5.40. The van der Waals surface area contributed by atoms with Gasteiger partial charge >= 0.3 is 0 Å². The summed E-state index contributed by atoms with van der Waals surface area (Å²) in [5, 5.41) is 9.37. The van der Waals surface area contributed by atoms with Crippen LogP contribution in [0.2, 0.25) is 0 Å². The maximum Gasteiger partial charge on any atom is 0.160 e. The lowest BCUT2D eigenvalue weighted by atomic mass is 10.1. The van der Waals surface area contributed by atoms with E-state index in [0.717, 1.165) is 6.54 Å². The quantitative estimate of drug-likeness (QED) is 0.314. The summed E-state index contributed by atoms with van der Waals surface area (Å²) in [6, 6.07) is 0. The Labute approximate surface area is 80.6 Å². The van der Waals surface area contributed by atoms with Gasteiger partial charge in [-0.3, -0.25) is 20.8 Å². The van der Waals surface area contributed by atoms with E-state index in [1.165, 1.54) is 0 Å². The van der Waals surface area contributed by atoms with E-state index in [1.54, 1.807) is 0 Å². The SMILES string of the molecule is CCNOC(NC)C(C)(NC)NC. The van der Waals surface area contributed by atoms with Gasteiger partial charge in [-0.25, -0.2) is 5.48 Å². The summed E-state index contributed by atoms with van der Waals surface area (Å²) in [6.45, 7) is 4.79. The standard InChI is InChI=1S/C8H22N4O/c1-6-12-13-7(9-3)8(2,10-4)11-5/h7,9-12H,6H2,1-5H3. The molecule has 0 amide bonds. The van der Waals surface area contributed by atoms with Crippen LogP contribution in [-0.4, -0.2) is 39.6 Å². The molecular weight excluding hydrogens is 168 g/mol. The minimum Gasteiger partial charge on any atom is -0.299 e. The third-order valence-electron chi connectivity index (χ3n) is 2.17. The topological polar surface area (TPSA) is 57.4 Å². The molecule has 5 heteroatoms. The molecular formula is C8H22N4O. The van der Waals surface area contributed by atoms with Gasteiger partial charge in [0.25, 0.3) is 0 Å². The minimum absolute atomic E-state index is 0.137. The van der Waals surface area contributed by atoms with Crippen molar-refractivity contribution in [1.29, 1.82) is 0 Å².